The predicted molar refractivity (Wildman–Crippen MR) is 118 cm³/mol. The van der Waals surface area contributed by atoms with Crippen molar-refractivity contribution in [3.8, 4) is 5.75 Å². The Morgan fingerprint density at radius 3 is 2.50 bits per heavy atom. The van der Waals surface area contributed by atoms with Gasteiger partial charge in [0, 0.05) is 39.4 Å². The Balaban J connectivity index is 1.64. The minimum Gasteiger partial charge on any atom is -0.508 e. The van der Waals surface area contributed by atoms with Crippen molar-refractivity contribution in [2.24, 2.45) is 4.99 Å². The van der Waals surface area contributed by atoms with E-state index in [0.29, 0.717) is 17.0 Å². The molecule has 0 bridgehead atoms. The van der Waals surface area contributed by atoms with E-state index in [1.165, 1.54) is 11.8 Å². The molecular weight excluding hydrogens is 437 g/mol. The number of nitrogens with one attached hydrogen (secondary N) is 1. The average molecular weight is 456 g/mol. The van der Waals surface area contributed by atoms with Crippen LogP contribution in [0.15, 0.2) is 81.5 Å². The van der Waals surface area contributed by atoms with Gasteiger partial charge in [0.1, 0.15) is 5.75 Å². The quantitative estimate of drug-likeness (QED) is 0.357. The largest absolute Gasteiger partial charge is 0.508 e. The molecule has 164 valence electrons. The summed E-state index contributed by atoms with van der Waals surface area (Å²) in [5, 5.41) is 12.2. The molecule has 3 aromatic rings. The van der Waals surface area contributed by atoms with Crippen LogP contribution in [0.5, 0.6) is 5.75 Å². The van der Waals surface area contributed by atoms with Gasteiger partial charge in [-0.1, -0.05) is 30.0 Å². The molecule has 32 heavy (non-hydrogen) atoms. The monoisotopic (exact) mass is 456 g/mol. The molecule has 0 saturated heterocycles. The molecule has 3 aromatic carbocycles. The van der Waals surface area contributed by atoms with Crippen LogP contribution < -0.4 is 5.32 Å². The van der Waals surface area contributed by atoms with Gasteiger partial charge in [0.15, 0.2) is 0 Å². The third-order valence-corrected chi connectivity index (χ3v) is 6.02. The summed E-state index contributed by atoms with van der Waals surface area (Å²) < 4.78 is 36.9. The second-order valence-corrected chi connectivity index (χ2v) is 8.35. The van der Waals surface area contributed by atoms with Gasteiger partial charge in [0.2, 0.25) is 0 Å². The fourth-order valence-electron chi connectivity index (χ4n) is 3.31. The number of carbonyl (C=O) groups excluding carboxylic acids is 1. The van der Waals surface area contributed by atoms with Crippen LogP contribution >= 0.6 is 11.8 Å². The summed E-state index contributed by atoms with van der Waals surface area (Å²) in [7, 11) is 0. The highest BCUT2D eigenvalue weighted by Gasteiger charge is 2.26. The first kappa shape index (κ1) is 22.0. The number of phenols is 1. The lowest BCUT2D eigenvalue weighted by Crippen LogP contribution is -2.25. The lowest BCUT2D eigenvalue weighted by Gasteiger charge is -2.09. The lowest BCUT2D eigenvalue weighted by molar-refractivity contribution is -0.135. The number of aliphatic imine (C=N–C) groups is 1. The molecule has 1 aliphatic heterocycles. The van der Waals surface area contributed by atoms with Gasteiger partial charge >= 0.3 is 6.18 Å². The summed E-state index contributed by atoms with van der Waals surface area (Å²) in [6.45, 7) is -0.0579. The highest BCUT2D eigenvalue weighted by Crippen LogP contribution is 2.41. The topological polar surface area (TPSA) is 61.7 Å². The van der Waals surface area contributed by atoms with E-state index in [1.54, 1.807) is 42.5 Å². The van der Waals surface area contributed by atoms with Gasteiger partial charge in [0.05, 0.1) is 11.4 Å². The third-order valence-electron chi connectivity index (χ3n) is 4.88. The van der Waals surface area contributed by atoms with Gasteiger partial charge in [-0.3, -0.25) is 4.79 Å². The maximum absolute atomic E-state index is 12.5. The number of benzene rings is 3. The van der Waals surface area contributed by atoms with E-state index in [2.05, 4.69) is 5.32 Å². The minimum atomic E-state index is -4.24. The van der Waals surface area contributed by atoms with Crippen LogP contribution in [0.4, 0.5) is 18.9 Å². The number of amides is 1. The maximum atomic E-state index is 12.5. The van der Waals surface area contributed by atoms with Crippen molar-refractivity contribution in [1.82, 2.24) is 5.32 Å². The first-order valence-corrected chi connectivity index (χ1v) is 10.8. The fraction of sp³-hybridized carbons (Fsp3) is 0.167. The normalized spacial score (nSPS) is 12.9. The standard InChI is InChI=1S/C24H19F3N2O2S/c25-24(26,27)12-3-13-28-23(31)16-8-11-21-19(14-16)29-22(15-6-9-17(30)10-7-15)18-4-1-2-5-20(18)32-21/h1-2,4-11,14,30H,3,12-13H2,(H,28,31). The zero-order valence-electron chi connectivity index (χ0n) is 16.8. The molecule has 2 N–H and O–H groups in total. The van der Waals surface area contributed by atoms with Crippen LogP contribution in [0.2, 0.25) is 0 Å². The Bertz CT molecular complexity index is 1170. The van der Waals surface area contributed by atoms with Gasteiger partial charge in [-0.15, -0.1) is 0 Å². The maximum Gasteiger partial charge on any atom is 0.389 e. The summed E-state index contributed by atoms with van der Waals surface area (Å²) in [4.78, 5) is 19.2. The zero-order chi connectivity index (χ0) is 22.7. The molecule has 0 fully saturated rings. The zero-order valence-corrected chi connectivity index (χ0v) is 17.6. The van der Waals surface area contributed by atoms with Crippen LogP contribution in [0.25, 0.3) is 0 Å². The van der Waals surface area contributed by atoms with Crippen molar-refractivity contribution in [3.63, 3.8) is 0 Å². The molecule has 8 heteroatoms. The average Bonchev–Trinajstić information content (AvgIpc) is 2.92. The Kier molecular flexibility index (Phi) is 6.23. The molecule has 0 atom stereocenters. The number of alkyl halides is 3. The Hall–Kier alpha value is -3.26. The molecule has 4 nitrogen and oxygen atoms in total. The number of aromatic hydroxyl groups is 1. The first-order valence-electron chi connectivity index (χ1n) is 9.94. The number of halogens is 3. The second-order valence-electron chi connectivity index (χ2n) is 7.26. The number of carbonyl (C=O) groups is 1. The van der Waals surface area contributed by atoms with Gasteiger partial charge < -0.3 is 10.4 Å². The van der Waals surface area contributed by atoms with Crippen molar-refractivity contribution in [1.29, 1.82) is 0 Å². The van der Waals surface area contributed by atoms with E-state index < -0.39 is 18.5 Å². The second kappa shape index (κ2) is 9.08. The highest BCUT2D eigenvalue weighted by atomic mass is 32.2. The molecule has 0 saturated carbocycles. The summed E-state index contributed by atoms with van der Waals surface area (Å²) in [5.74, 6) is -0.293. The molecule has 0 aliphatic carbocycles. The number of rotatable bonds is 5. The molecule has 0 spiro atoms. The van der Waals surface area contributed by atoms with Crippen molar-refractivity contribution in [3.05, 3.63) is 83.4 Å². The molecule has 1 heterocycles. The number of nitrogens with zero attached hydrogens (tertiary/aromatic N) is 1. The molecule has 0 aromatic heterocycles. The highest BCUT2D eigenvalue weighted by molar-refractivity contribution is 7.99. The molecule has 1 aliphatic rings. The molecule has 0 radical (unpaired) electrons. The number of hydrogen-bond acceptors (Lipinski definition) is 4. The number of fused-ring (bicyclic) bond motifs is 2. The predicted octanol–water partition coefficient (Wildman–Crippen LogP) is 6.10. The fourth-order valence-corrected chi connectivity index (χ4v) is 4.32. The van der Waals surface area contributed by atoms with Crippen LogP contribution in [0.1, 0.15) is 34.3 Å². The van der Waals surface area contributed by atoms with Crippen molar-refractivity contribution >= 4 is 29.1 Å². The Morgan fingerprint density at radius 1 is 1.00 bits per heavy atom. The SMILES string of the molecule is O=C(NCCCC(F)(F)F)c1ccc2c(c1)N=C(c1ccc(O)cc1)c1ccccc1S2. The van der Waals surface area contributed by atoms with Crippen LogP contribution in [-0.2, 0) is 0 Å². The van der Waals surface area contributed by atoms with E-state index in [1.807, 2.05) is 24.3 Å². The summed E-state index contributed by atoms with van der Waals surface area (Å²) in [6, 6.07) is 19.6. The van der Waals surface area contributed by atoms with Crippen molar-refractivity contribution < 1.29 is 23.1 Å². The van der Waals surface area contributed by atoms with Crippen LogP contribution in [-0.4, -0.2) is 29.4 Å². The molecule has 1 amide bonds. The van der Waals surface area contributed by atoms with E-state index >= 15 is 0 Å². The van der Waals surface area contributed by atoms with Gasteiger partial charge in [-0.25, -0.2) is 4.99 Å². The van der Waals surface area contributed by atoms with Gasteiger partial charge in [-0.2, -0.15) is 13.2 Å². The van der Waals surface area contributed by atoms with Gasteiger partial charge in [0.25, 0.3) is 5.91 Å². The van der Waals surface area contributed by atoms with E-state index in [0.717, 1.165) is 20.9 Å². The van der Waals surface area contributed by atoms with E-state index in [4.69, 9.17) is 4.99 Å². The Labute approximate surface area is 187 Å². The number of hydrogen-bond donors (Lipinski definition) is 2. The Morgan fingerprint density at radius 2 is 1.75 bits per heavy atom. The van der Waals surface area contributed by atoms with Crippen molar-refractivity contribution in [2.75, 3.05) is 6.54 Å². The molecule has 0 unspecified atom stereocenters. The lowest BCUT2D eigenvalue weighted by atomic mass is 10.0. The first-order chi connectivity index (χ1) is 15.3. The van der Waals surface area contributed by atoms with E-state index in [-0.39, 0.29) is 18.7 Å². The van der Waals surface area contributed by atoms with Crippen molar-refractivity contribution in [2.45, 2.75) is 28.8 Å². The summed E-state index contributed by atoms with van der Waals surface area (Å²) in [6.07, 6.45) is -5.35. The summed E-state index contributed by atoms with van der Waals surface area (Å²) >= 11 is 1.53. The molecular formula is C24H19F3N2O2S. The minimum absolute atomic E-state index is 0.0579. The van der Waals surface area contributed by atoms with Gasteiger partial charge in [-0.05, 0) is 55.0 Å². The van der Waals surface area contributed by atoms with Crippen LogP contribution in [0.3, 0.4) is 0 Å². The van der Waals surface area contributed by atoms with E-state index in [9.17, 15) is 23.1 Å². The summed E-state index contributed by atoms with van der Waals surface area (Å²) in [5.41, 5.74) is 3.37. The molecule has 4 rings (SSSR count). The van der Waals surface area contributed by atoms with Crippen LogP contribution in [0, 0.1) is 0 Å². The number of phenolic OH excluding ortho intramolecular Hbond substituents is 1. The smallest absolute Gasteiger partial charge is 0.389 e. The third kappa shape index (κ3) is 5.13.